The molecular formula is C15H11BrF3NO3. The van der Waals surface area contributed by atoms with Crippen molar-refractivity contribution in [3.63, 3.8) is 0 Å². The van der Waals surface area contributed by atoms with Gasteiger partial charge in [0.2, 0.25) is 0 Å². The minimum Gasteiger partial charge on any atom is -0.493 e. The van der Waals surface area contributed by atoms with Crippen molar-refractivity contribution in [1.82, 2.24) is 0 Å². The van der Waals surface area contributed by atoms with Crippen LogP contribution in [0.1, 0.15) is 10.4 Å². The second kappa shape index (κ2) is 7.36. The Hall–Kier alpha value is -2.22. The molecule has 0 spiro atoms. The van der Waals surface area contributed by atoms with E-state index in [0.29, 0.717) is 0 Å². The number of amides is 1. The van der Waals surface area contributed by atoms with Crippen LogP contribution in [0.25, 0.3) is 0 Å². The molecule has 122 valence electrons. The molecule has 1 amide bonds. The number of methoxy groups -OCH3 is 1. The predicted octanol–water partition coefficient (Wildman–Crippen LogP) is 4.45. The van der Waals surface area contributed by atoms with E-state index in [1.807, 2.05) is 0 Å². The summed E-state index contributed by atoms with van der Waals surface area (Å²) in [6.07, 6.45) is 0. The summed E-state index contributed by atoms with van der Waals surface area (Å²) in [6, 6.07) is 7.64. The predicted molar refractivity (Wildman–Crippen MR) is 81.7 cm³/mol. The monoisotopic (exact) mass is 389 g/mol. The molecule has 0 aromatic heterocycles. The van der Waals surface area contributed by atoms with Gasteiger partial charge in [-0.2, -0.15) is 8.78 Å². The van der Waals surface area contributed by atoms with Crippen LogP contribution in [0.5, 0.6) is 11.5 Å². The quantitative estimate of drug-likeness (QED) is 0.821. The zero-order chi connectivity index (χ0) is 17.0. The van der Waals surface area contributed by atoms with Gasteiger partial charge in [0.1, 0.15) is 5.82 Å². The Morgan fingerprint density at radius 2 is 1.91 bits per heavy atom. The summed E-state index contributed by atoms with van der Waals surface area (Å²) in [4.78, 5) is 12.2. The fourth-order valence-electron chi connectivity index (χ4n) is 1.81. The highest BCUT2D eigenvalue weighted by Crippen LogP contribution is 2.32. The van der Waals surface area contributed by atoms with Gasteiger partial charge in [-0.25, -0.2) is 4.39 Å². The van der Waals surface area contributed by atoms with Crippen molar-refractivity contribution in [1.29, 1.82) is 0 Å². The third-order valence-corrected chi connectivity index (χ3v) is 3.47. The highest BCUT2D eigenvalue weighted by molar-refractivity contribution is 9.10. The number of halogens is 4. The highest BCUT2D eigenvalue weighted by atomic mass is 79.9. The summed E-state index contributed by atoms with van der Waals surface area (Å²) in [6.45, 7) is -3.03. The molecular weight excluding hydrogens is 379 g/mol. The van der Waals surface area contributed by atoms with Gasteiger partial charge in [0.25, 0.3) is 5.91 Å². The van der Waals surface area contributed by atoms with Gasteiger partial charge in [-0.05, 0) is 46.3 Å². The minimum absolute atomic E-state index is 0.103. The van der Waals surface area contributed by atoms with E-state index in [1.165, 1.54) is 31.4 Å². The first-order valence-electron chi connectivity index (χ1n) is 6.30. The van der Waals surface area contributed by atoms with Crippen molar-refractivity contribution in [2.45, 2.75) is 6.61 Å². The standard InChI is InChI=1S/C15H11BrF3NO3/c1-22-12-5-3-9(7-13(12)23-15(18)19)20-14(21)10-4-2-8(17)6-11(10)16/h2-7,15H,1H3,(H,20,21). The van der Waals surface area contributed by atoms with E-state index < -0.39 is 18.3 Å². The Labute approximate surface area is 138 Å². The van der Waals surface area contributed by atoms with Crippen LogP contribution in [-0.2, 0) is 0 Å². The average Bonchev–Trinajstić information content (AvgIpc) is 2.46. The lowest BCUT2D eigenvalue weighted by Crippen LogP contribution is -2.13. The lowest BCUT2D eigenvalue weighted by Gasteiger charge is -2.12. The third-order valence-electron chi connectivity index (χ3n) is 2.81. The van der Waals surface area contributed by atoms with Crippen LogP contribution in [0, 0.1) is 5.82 Å². The molecule has 0 aliphatic heterocycles. The molecule has 23 heavy (non-hydrogen) atoms. The van der Waals surface area contributed by atoms with Crippen molar-refractivity contribution in [2.75, 3.05) is 12.4 Å². The van der Waals surface area contributed by atoms with E-state index in [1.54, 1.807) is 0 Å². The number of carbonyl (C=O) groups is 1. The first kappa shape index (κ1) is 17.1. The van der Waals surface area contributed by atoms with Crippen molar-refractivity contribution in [2.24, 2.45) is 0 Å². The van der Waals surface area contributed by atoms with E-state index in [-0.39, 0.29) is 27.2 Å². The van der Waals surface area contributed by atoms with Gasteiger partial charge in [0.05, 0.1) is 12.7 Å². The fourth-order valence-corrected chi connectivity index (χ4v) is 2.35. The van der Waals surface area contributed by atoms with Gasteiger partial charge in [-0.1, -0.05) is 0 Å². The first-order chi connectivity index (χ1) is 10.9. The summed E-state index contributed by atoms with van der Waals surface area (Å²) in [5.74, 6) is -1.14. The number of nitrogens with one attached hydrogen (secondary N) is 1. The molecule has 0 bridgehead atoms. The van der Waals surface area contributed by atoms with Crippen LogP contribution in [0.2, 0.25) is 0 Å². The second-order valence-corrected chi connectivity index (χ2v) is 5.18. The summed E-state index contributed by atoms with van der Waals surface area (Å²) in [5.41, 5.74) is 0.418. The summed E-state index contributed by atoms with van der Waals surface area (Å²) < 4.78 is 47.3. The molecule has 0 atom stereocenters. The van der Waals surface area contributed by atoms with Gasteiger partial charge >= 0.3 is 6.61 Å². The second-order valence-electron chi connectivity index (χ2n) is 4.32. The normalized spacial score (nSPS) is 10.5. The number of carbonyl (C=O) groups excluding carboxylic acids is 1. The van der Waals surface area contributed by atoms with E-state index in [0.717, 1.165) is 12.1 Å². The van der Waals surface area contributed by atoms with E-state index in [4.69, 9.17) is 4.74 Å². The number of hydrogen-bond acceptors (Lipinski definition) is 3. The number of alkyl halides is 2. The van der Waals surface area contributed by atoms with Crippen molar-refractivity contribution in [3.8, 4) is 11.5 Å². The molecule has 0 unspecified atom stereocenters. The molecule has 0 saturated carbocycles. The highest BCUT2D eigenvalue weighted by Gasteiger charge is 2.14. The SMILES string of the molecule is COc1ccc(NC(=O)c2ccc(F)cc2Br)cc1OC(F)F. The van der Waals surface area contributed by atoms with Gasteiger partial charge in [0, 0.05) is 16.2 Å². The molecule has 1 N–H and O–H groups in total. The number of rotatable bonds is 5. The Kier molecular flexibility index (Phi) is 5.49. The van der Waals surface area contributed by atoms with E-state index in [2.05, 4.69) is 26.0 Å². The van der Waals surface area contributed by atoms with Crippen molar-refractivity contribution >= 4 is 27.5 Å². The lowest BCUT2D eigenvalue weighted by atomic mass is 10.2. The lowest BCUT2D eigenvalue weighted by molar-refractivity contribution is -0.0511. The zero-order valence-electron chi connectivity index (χ0n) is 11.8. The van der Waals surface area contributed by atoms with E-state index in [9.17, 15) is 18.0 Å². The van der Waals surface area contributed by atoms with Gasteiger partial charge in [-0.3, -0.25) is 4.79 Å². The molecule has 0 radical (unpaired) electrons. The van der Waals surface area contributed by atoms with Crippen LogP contribution in [0.4, 0.5) is 18.9 Å². The van der Waals surface area contributed by atoms with Gasteiger partial charge in [-0.15, -0.1) is 0 Å². The number of benzene rings is 2. The topological polar surface area (TPSA) is 47.6 Å². The molecule has 8 heteroatoms. The minimum atomic E-state index is -3.03. The maximum atomic E-state index is 13.0. The Morgan fingerprint density at radius 3 is 2.52 bits per heavy atom. The third kappa shape index (κ3) is 4.38. The Balaban J connectivity index is 2.23. The number of ether oxygens (including phenoxy) is 2. The number of hydrogen-bond donors (Lipinski definition) is 1. The largest absolute Gasteiger partial charge is 0.493 e. The van der Waals surface area contributed by atoms with Crippen LogP contribution >= 0.6 is 15.9 Å². The smallest absolute Gasteiger partial charge is 0.387 e. The molecule has 4 nitrogen and oxygen atoms in total. The van der Waals surface area contributed by atoms with Crippen molar-refractivity contribution < 1.29 is 27.4 Å². The van der Waals surface area contributed by atoms with Crippen LogP contribution in [0.3, 0.4) is 0 Å². The Morgan fingerprint density at radius 1 is 1.17 bits per heavy atom. The fraction of sp³-hybridized carbons (Fsp3) is 0.133. The molecule has 0 heterocycles. The summed E-state index contributed by atoms with van der Waals surface area (Å²) in [7, 11) is 1.31. The van der Waals surface area contributed by atoms with Crippen LogP contribution in [-0.4, -0.2) is 19.6 Å². The molecule has 2 aromatic rings. The molecule has 0 aliphatic rings. The maximum Gasteiger partial charge on any atom is 0.387 e. The molecule has 2 aromatic carbocycles. The summed E-state index contributed by atoms with van der Waals surface area (Å²) >= 11 is 3.09. The van der Waals surface area contributed by atoms with Crippen LogP contribution in [0.15, 0.2) is 40.9 Å². The maximum absolute atomic E-state index is 13.0. The molecule has 0 saturated heterocycles. The van der Waals surface area contributed by atoms with Crippen LogP contribution < -0.4 is 14.8 Å². The Bertz CT molecular complexity index is 725. The first-order valence-corrected chi connectivity index (χ1v) is 7.09. The number of anilines is 1. The summed E-state index contributed by atoms with van der Waals surface area (Å²) in [5, 5.41) is 2.51. The molecule has 2 rings (SSSR count). The zero-order valence-corrected chi connectivity index (χ0v) is 13.4. The van der Waals surface area contributed by atoms with Crippen molar-refractivity contribution in [3.05, 3.63) is 52.3 Å². The molecule has 0 aliphatic carbocycles. The van der Waals surface area contributed by atoms with Gasteiger partial charge < -0.3 is 14.8 Å². The average molecular weight is 390 g/mol. The van der Waals surface area contributed by atoms with Gasteiger partial charge in [0.15, 0.2) is 11.5 Å². The van der Waals surface area contributed by atoms with E-state index >= 15 is 0 Å². The molecule has 0 fully saturated rings.